The molecule has 0 spiro atoms. The molecule has 2 aromatic carbocycles. The summed E-state index contributed by atoms with van der Waals surface area (Å²) in [6.45, 7) is 8.73. The summed E-state index contributed by atoms with van der Waals surface area (Å²) < 4.78 is 75.4. The monoisotopic (exact) mass is 568 g/mol. The number of carboxylic acid groups (broad SMARTS) is 1. The SMILES string of the molecule is CN1c2ccc(C3CCOC(C)(C)C3(C)C)cc2N(S(=O)(=O)c2cccc(C(F)(F)F)c2)CC1CCC(=O)O. The number of alkyl halides is 3. The van der Waals surface area contributed by atoms with Crippen LogP contribution in [0.3, 0.4) is 0 Å². The summed E-state index contributed by atoms with van der Waals surface area (Å²) in [5.41, 5.74) is 0.0552. The molecule has 214 valence electrons. The molecule has 0 amide bonds. The molecule has 2 aliphatic rings. The van der Waals surface area contributed by atoms with E-state index < -0.39 is 44.3 Å². The Hall–Kier alpha value is -2.79. The summed E-state index contributed by atoms with van der Waals surface area (Å²) in [6.07, 6.45) is -3.98. The molecular formula is C28H35F3N2O5S. The normalized spacial score (nSPS) is 22.9. The molecule has 1 N–H and O–H groups in total. The number of hydrogen-bond acceptors (Lipinski definition) is 5. The average Bonchev–Trinajstić information content (AvgIpc) is 2.84. The van der Waals surface area contributed by atoms with E-state index >= 15 is 0 Å². The minimum atomic E-state index is -4.70. The van der Waals surface area contributed by atoms with Crippen LogP contribution >= 0.6 is 0 Å². The lowest BCUT2D eigenvalue weighted by Gasteiger charge is -2.51. The molecule has 0 saturated carbocycles. The topological polar surface area (TPSA) is 87.2 Å². The van der Waals surface area contributed by atoms with Crippen LogP contribution in [0.1, 0.15) is 64.0 Å². The van der Waals surface area contributed by atoms with Gasteiger partial charge in [0.25, 0.3) is 10.0 Å². The molecule has 0 aliphatic carbocycles. The van der Waals surface area contributed by atoms with E-state index in [0.29, 0.717) is 24.0 Å². The summed E-state index contributed by atoms with van der Waals surface area (Å²) in [4.78, 5) is 12.7. The fourth-order valence-corrected chi connectivity index (χ4v) is 7.16. The summed E-state index contributed by atoms with van der Waals surface area (Å²) in [6, 6.07) is 8.83. The Morgan fingerprint density at radius 2 is 1.79 bits per heavy atom. The first-order valence-corrected chi connectivity index (χ1v) is 14.3. The van der Waals surface area contributed by atoms with Crippen molar-refractivity contribution in [2.45, 2.75) is 75.6 Å². The van der Waals surface area contributed by atoms with Crippen LogP contribution < -0.4 is 9.21 Å². The third kappa shape index (κ3) is 5.35. The van der Waals surface area contributed by atoms with Crippen LogP contribution in [0.5, 0.6) is 0 Å². The van der Waals surface area contributed by atoms with Crippen molar-refractivity contribution < 1.29 is 36.2 Å². The van der Waals surface area contributed by atoms with E-state index in [-0.39, 0.29) is 30.7 Å². The van der Waals surface area contributed by atoms with Crippen molar-refractivity contribution in [3.8, 4) is 0 Å². The van der Waals surface area contributed by atoms with Gasteiger partial charge in [0.15, 0.2) is 0 Å². The lowest BCUT2D eigenvalue weighted by Crippen LogP contribution is -2.50. The highest BCUT2D eigenvalue weighted by Crippen LogP contribution is 2.52. The highest BCUT2D eigenvalue weighted by Gasteiger charge is 2.48. The quantitative estimate of drug-likeness (QED) is 0.468. The number of carboxylic acids is 1. The molecule has 11 heteroatoms. The minimum absolute atomic E-state index is 0.0414. The third-order valence-corrected chi connectivity index (χ3v) is 10.5. The molecule has 0 aromatic heterocycles. The molecule has 2 atom stereocenters. The number of ether oxygens (including phenoxy) is 1. The molecule has 2 aromatic rings. The number of hydrogen-bond donors (Lipinski definition) is 1. The van der Waals surface area contributed by atoms with Gasteiger partial charge in [0.2, 0.25) is 0 Å². The van der Waals surface area contributed by atoms with Crippen molar-refractivity contribution in [2.24, 2.45) is 5.41 Å². The third-order valence-electron chi connectivity index (χ3n) is 8.71. The molecule has 4 rings (SSSR count). The molecule has 39 heavy (non-hydrogen) atoms. The molecule has 7 nitrogen and oxygen atoms in total. The van der Waals surface area contributed by atoms with Gasteiger partial charge in [-0.2, -0.15) is 13.2 Å². The molecule has 0 radical (unpaired) electrons. The lowest BCUT2D eigenvalue weighted by molar-refractivity contribution is -0.145. The van der Waals surface area contributed by atoms with Gasteiger partial charge in [-0.15, -0.1) is 0 Å². The van der Waals surface area contributed by atoms with Crippen LogP contribution in [0, 0.1) is 5.41 Å². The first-order valence-electron chi connectivity index (χ1n) is 12.9. The van der Waals surface area contributed by atoms with Crippen molar-refractivity contribution in [2.75, 3.05) is 29.4 Å². The Bertz CT molecular complexity index is 1360. The van der Waals surface area contributed by atoms with Crippen molar-refractivity contribution in [1.29, 1.82) is 0 Å². The Morgan fingerprint density at radius 1 is 1.10 bits per heavy atom. The Kier molecular flexibility index (Phi) is 7.48. The van der Waals surface area contributed by atoms with E-state index in [1.54, 1.807) is 7.05 Å². The molecule has 2 unspecified atom stereocenters. The standard InChI is InChI=1S/C28H35F3N2O5S/c1-26(2)22(13-14-38-27(26,3)4)18-9-11-23-24(15-18)33(17-20(32(23)5)10-12-25(34)35)39(36,37)21-8-6-7-19(16-21)28(29,30)31/h6-9,11,15-16,20,22H,10,12-14,17H2,1-5H3,(H,34,35). The van der Waals surface area contributed by atoms with E-state index in [1.807, 2.05) is 36.9 Å². The largest absolute Gasteiger partial charge is 0.481 e. The Morgan fingerprint density at radius 3 is 2.44 bits per heavy atom. The van der Waals surface area contributed by atoms with Gasteiger partial charge in [0, 0.05) is 31.5 Å². The van der Waals surface area contributed by atoms with Gasteiger partial charge in [0.05, 0.1) is 34.0 Å². The van der Waals surface area contributed by atoms with Crippen molar-refractivity contribution in [3.63, 3.8) is 0 Å². The lowest BCUT2D eigenvalue weighted by atomic mass is 9.63. The van der Waals surface area contributed by atoms with E-state index in [1.165, 1.54) is 0 Å². The van der Waals surface area contributed by atoms with Crippen LogP contribution in [0.2, 0.25) is 0 Å². The molecule has 2 heterocycles. The number of likely N-dealkylation sites (N-methyl/N-ethyl adjacent to an activating group) is 1. The van der Waals surface area contributed by atoms with E-state index in [2.05, 4.69) is 13.8 Å². The average molecular weight is 569 g/mol. The summed E-state index contributed by atoms with van der Waals surface area (Å²) in [5.74, 6) is -0.971. The van der Waals surface area contributed by atoms with Crippen LogP contribution in [-0.4, -0.2) is 51.3 Å². The number of rotatable bonds is 6. The molecule has 2 aliphatic heterocycles. The number of halogens is 3. The maximum Gasteiger partial charge on any atom is 0.416 e. The summed E-state index contributed by atoms with van der Waals surface area (Å²) >= 11 is 0. The molecule has 0 bridgehead atoms. The number of aliphatic carboxylic acids is 1. The summed E-state index contributed by atoms with van der Waals surface area (Å²) in [5, 5.41) is 9.24. The van der Waals surface area contributed by atoms with Gasteiger partial charge in [-0.05, 0) is 68.5 Å². The fraction of sp³-hybridized carbons (Fsp3) is 0.536. The second kappa shape index (κ2) is 9.99. The molecule has 1 fully saturated rings. The van der Waals surface area contributed by atoms with Gasteiger partial charge >= 0.3 is 12.1 Å². The number of carbonyl (C=O) groups is 1. The first kappa shape index (κ1) is 29.2. The molecular weight excluding hydrogens is 533 g/mol. The predicted molar refractivity (Wildman–Crippen MR) is 143 cm³/mol. The summed E-state index contributed by atoms with van der Waals surface area (Å²) in [7, 11) is -2.64. The van der Waals surface area contributed by atoms with Crippen LogP contribution in [0.15, 0.2) is 47.4 Å². The number of fused-ring (bicyclic) bond motifs is 1. The maximum atomic E-state index is 13.9. The zero-order valence-corrected chi connectivity index (χ0v) is 23.6. The van der Waals surface area contributed by atoms with Gasteiger partial charge in [-0.25, -0.2) is 8.42 Å². The number of anilines is 2. The molecule has 1 saturated heterocycles. The minimum Gasteiger partial charge on any atom is -0.481 e. The fourth-order valence-electron chi connectivity index (χ4n) is 5.61. The second-order valence-electron chi connectivity index (χ2n) is 11.4. The Balaban J connectivity index is 1.85. The van der Waals surface area contributed by atoms with Crippen molar-refractivity contribution >= 4 is 27.4 Å². The zero-order chi connectivity index (χ0) is 29.0. The number of sulfonamides is 1. The van der Waals surface area contributed by atoms with Gasteiger partial charge < -0.3 is 14.7 Å². The van der Waals surface area contributed by atoms with Gasteiger partial charge in [-0.1, -0.05) is 26.0 Å². The highest BCUT2D eigenvalue weighted by atomic mass is 32.2. The van der Waals surface area contributed by atoms with Crippen LogP contribution in [0.4, 0.5) is 24.5 Å². The predicted octanol–water partition coefficient (Wildman–Crippen LogP) is 5.89. The number of benzene rings is 2. The Labute approximate surface area is 227 Å². The van der Waals surface area contributed by atoms with E-state index in [4.69, 9.17) is 4.74 Å². The maximum absolute atomic E-state index is 13.9. The van der Waals surface area contributed by atoms with Crippen molar-refractivity contribution in [1.82, 2.24) is 0 Å². The number of nitrogens with zero attached hydrogens (tertiary/aromatic N) is 2. The highest BCUT2D eigenvalue weighted by molar-refractivity contribution is 7.92. The van der Waals surface area contributed by atoms with Gasteiger partial charge in [0.1, 0.15) is 0 Å². The van der Waals surface area contributed by atoms with Crippen LogP contribution in [-0.2, 0) is 25.7 Å². The van der Waals surface area contributed by atoms with E-state index in [0.717, 1.165) is 34.5 Å². The smallest absolute Gasteiger partial charge is 0.416 e. The second-order valence-corrected chi connectivity index (χ2v) is 13.3. The first-order chi connectivity index (χ1) is 18.0. The van der Waals surface area contributed by atoms with E-state index in [9.17, 15) is 31.5 Å². The van der Waals surface area contributed by atoms with Crippen LogP contribution in [0.25, 0.3) is 0 Å². The zero-order valence-electron chi connectivity index (χ0n) is 22.7. The van der Waals surface area contributed by atoms with Crippen molar-refractivity contribution in [3.05, 3.63) is 53.6 Å². The van der Waals surface area contributed by atoms with Gasteiger partial charge in [-0.3, -0.25) is 9.10 Å².